The Labute approximate surface area is 192 Å². The smallest absolute Gasteiger partial charge is 0.373 e. The van der Waals surface area contributed by atoms with Crippen LogP contribution in [0.1, 0.15) is 52.9 Å². The SMILES string of the molecule is CCCC(C)(C)C(O)OC1CC(C(O)(C(F)(F)F)C(F)(F)F)CC(C(O)(C(F)(F)F)C(F)(F)F)C1. The Morgan fingerprint density at radius 3 is 1.26 bits per heavy atom. The molecule has 1 rings (SSSR count). The van der Waals surface area contributed by atoms with Crippen molar-refractivity contribution in [1.82, 2.24) is 0 Å². The van der Waals surface area contributed by atoms with E-state index in [1.807, 2.05) is 0 Å². The molecule has 0 aliphatic heterocycles. The first-order chi connectivity index (χ1) is 15.3. The molecule has 0 aromatic carbocycles. The molecule has 3 N–H and O–H groups in total. The van der Waals surface area contributed by atoms with Crippen molar-refractivity contribution >= 4 is 0 Å². The zero-order valence-corrected chi connectivity index (χ0v) is 18.6. The molecule has 1 fully saturated rings. The highest BCUT2D eigenvalue weighted by Crippen LogP contribution is 2.58. The Morgan fingerprint density at radius 2 is 1.00 bits per heavy atom. The van der Waals surface area contributed by atoms with Gasteiger partial charge in [-0.2, -0.15) is 52.7 Å². The van der Waals surface area contributed by atoms with E-state index >= 15 is 0 Å². The summed E-state index contributed by atoms with van der Waals surface area (Å²) in [6.45, 7) is 4.30. The second-order valence-corrected chi connectivity index (χ2v) is 9.47. The number of rotatable bonds is 7. The summed E-state index contributed by atoms with van der Waals surface area (Å²) in [7, 11) is 0. The molecule has 3 unspecified atom stereocenters. The van der Waals surface area contributed by atoms with Crippen molar-refractivity contribution in [3.05, 3.63) is 0 Å². The summed E-state index contributed by atoms with van der Waals surface area (Å²) < 4.78 is 166. The van der Waals surface area contributed by atoms with E-state index in [9.17, 15) is 68.0 Å². The van der Waals surface area contributed by atoms with Crippen LogP contribution >= 0.6 is 0 Å². The minimum absolute atomic E-state index is 0.151. The second-order valence-electron chi connectivity index (χ2n) is 9.47. The Hall–Kier alpha value is -1.00. The molecule has 0 saturated heterocycles. The van der Waals surface area contributed by atoms with Gasteiger partial charge in [0.2, 0.25) is 0 Å². The van der Waals surface area contributed by atoms with E-state index < -0.39 is 84.8 Å². The Kier molecular flexibility index (Phi) is 8.88. The lowest BCUT2D eigenvalue weighted by Gasteiger charge is -2.49. The third-order valence-corrected chi connectivity index (χ3v) is 6.46. The van der Waals surface area contributed by atoms with E-state index in [-0.39, 0.29) is 6.42 Å². The molecule has 210 valence electrons. The normalized spacial score (nSPS) is 25.0. The first kappa shape index (κ1) is 32.0. The lowest BCUT2D eigenvalue weighted by Crippen LogP contribution is -2.67. The first-order valence-corrected chi connectivity index (χ1v) is 10.3. The predicted molar refractivity (Wildman–Crippen MR) is 94.5 cm³/mol. The first-order valence-electron chi connectivity index (χ1n) is 10.3. The van der Waals surface area contributed by atoms with E-state index in [0.717, 1.165) is 0 Å². The summed E-state index contributed by atoms with van der Waals surface area (Å²) in [6.07, 6.45) is -35.1. The molecule has 1 aliphatic rings. The Morgan fingerprint density at radius 1 is 0.686 bits per heavy atom. The monoisotopic (exact) mass is 546 g/mol. The highest BCUT2D eigenvalue weighted by Gasteiger charge is 2.78. The van der Waals surface area contributed by atoms with Crippen molar-refractivity contribution < 1.29 is 72.7 Å². The molecule has 0 amide bonds. The third kappa shape index (κ3) is 5.95. The zero-order chi connectivity index (χ0) is 28.1. The number of alkyl halides is 12. The van der Waals surface area contributed by atoms with E-state index in [0.29, 0.717) is 6.42 Å². The Bertz CT molecular complexity index is 637. The average molecular weight is 546 g/mol. The number of aliphatic hydroxyl groups is 3. The van der Waals surface area contributed by atoms with Crippen LogP contribution in [0.5, 0.6) is 0 Å². The molecule has 1 aliphatic carbocycles. The summed E-state index contributed by atoms with van der Waals surface area (Å²) in [5.41, 5.74) is -12.7. The summed E-state index contributed by atoms with van der Waals surface area (Å²) in [5, 5.41) is 29.6. The fourth-order valence-corrected chi connectivity index (χ4v) is 4.44. The van der Waals surface area contributed by atoms with E-state index in [1.54, 1.807) is 6.92 Å². The summed E-state index contributed by atoms with van der Waals surface area (Å²) >= 11 is 0. The molecule has 35 heavy (non-hydrogen) atoms. The van der Waals surface area contributed by atoms with Gasteiger partial charge in [-0.05, 0) is 25.7 Å². The van der Waals surface area contributed by atoms with Crippen molar-refractivity contribution in [3.63, 3.8) is 0 Å². The molecule has 0 aromatic heterocycles. The fourth-order valence-electron chi connectivity index (χ4n) is 4.44. The van der Waals surface area contributed by atoms with Gasteiger partial charge in [0, 0.05) is 17.3 Å². The quantitative estimate of drug-likeness (QED) is 0.286. The predicted octanol–water partition coefficient (Wildman–Crippen LogP) is 5.64. The van der Waals surface area contributed by atoms with Crippen LogP contribution in [0.15, 0.2) is 0 Å². The van der Waals surface area contributed by atoms with E-state index in [4.69, 9.17) is 4.74 Å². The zero-order valence-electron chi connectivity index (χ0n) is 18.6. The van der Waals surface area contributed by atoms with Gasteiger partial charge in [0.05, 0.1) is 6.10 Å². The van der Waals surface area contributed by atoms with Gasteiger partial charge in [0.25, 0.3) is 11.2 Å². The molecular formula is C19H26F12O4. The van der Waals surface area contributed by atoms with Gasteiger partial charge in [-0.3, -0.25) is 0 Å². The van der Waals surface area contributed by atoms with Gasteiger partial charge in [-0.1, -0.05) is 27.2 Å². The summed E-state index contributed by atoms with van der Waals surface area (Å²) in [5.74, 6) is -6.66. The van der Waals surface area contributed by atoms with Gasteiger partial charge in [-0.15, -0.1) is 0 Å². The minimum atomic E-state index is -6.56. The van der Waals surface area contributed by atoms with Crippen LogP contribution in [0.2, 0.25) is 0 Å². The molecule has 3 atom stereocenters. The van der Waals surface area contributed by atoms with Gasteiger partial charge in [0.15, 0.2) is 6.29 Å². The van der Waals surface area contributed by atoms with Crippen LogP contribution in [0.25, 0.3) is 0 Å². The Balaban J connectivity index is 3.66. The van der Waals surface area contributed by atoms with Gasteiger partial charge in [-0.25, -0.2) is 0 Å². The maximum absolute atomic E-state index is 13.4. The molecule has 4 nitrogen and oxygen atoms in total. The highest BCUT2D eigenvalue weighted by molar-refractivity contribution is 5.08. The molecule has 0 heterocycles. The molecule has 0 bridgehead atoms. The standard InChI is InChI=1S/C19H26F12O4/c1-4-5-13(2,3)12(32)35-11-7-9(14(33,16(20,21)22)17(23,24)25)6-10(8-11)15(34,18(26,27)28)19(29,30)31/h9-12,32-34H,4-8H2,1-3H3. The van der Waals surface area contributed by atoms with Crippen LogP contribution in [0.3, 0.4) is 0 Å². The minimum Gasteiger partial charge on any atom is -0.373 e. The number of ether oxygens (including phenoxy) is 1. The van der Waals surface area contributed by atoms with E-state index in [1.165, 1.54) is 13.8 Å². The van der Waals surface area contributed by atoms with Crippen LogP contribution in [0.4, 0.5) is 52.7 Å². The van der Waals surface area contributed by atoms with Gasteiger partial charge >= 0.3 is 24.7 Å². The summed E-state index contributed by atoms with van der Waals surface area (Å²) in [4.78, 5) is 0. The molecule has 1 saturated carbocycles. The molecule has 0 aromatic rings. The van der Waals surface area contributed by atoms with Crippen molar-refractivity contribution in [2.24, 2.45) is 17.3 Å². The molecule has 0 spiro atoms. The topological polar surface area (TPSA) is 69.9 Å². The van der Waals surface area contributed by atoms with Crippen molar-refractivity contribution in [3.8, 4) is 0 Å². The summed E-state index contributed by atoms with van der Waals surface area (Å²) in [6, 6.07) is 0. The lowest BCUT2D eigenvalue weighted by molar-refractivity contribution is -0.407. The second kappa shape index (κ2) is 9.71. The third-order valence-electron chi connectivity index (χ3n) is 6.46. The number of hydrogen-bond donors (Lipinski definition) is 3. The highest BCUT2D eigenvalue weighted by atomic mass is 19.4. The van der Waals surface area contributed by atoms with Crippen LogP contribution in [0, 0.1) is 17.3 Å². The van der Waals surface area contributed by atoms with Gasteiger partial charge in [0.1, 0.15) is 0 Å². The molecule has 16 heteroatoms. The van der Waals surface area contributed by atoms with Gasteiger partial charge < -0.3 is 20.1 Å². The van der Waals surface area contributed by atoms with Crippen molar-refractivity contribution in [2.45, 2.75) is 101 Å². The van der Waals surface area contributed by atoms with Crippen molar-refractivity contribution in [1.29, 1.82) is 0 Å². The van der Waals surface area contributed by atoms with Crippen molar-refractivity contribution in [2.75, 3.05) is 0 Å². The molecule has 0 radical (unpaired) electrons. The lowest BCUT2D eigenvalue weighted by atomic mass is 9.65. The molecular weight excluding hydrogens is 520 g/mol. The maximum atomic E-state index is 13.4. The number of aliphatic hydroxyl groups excluding tert-OH is 1. The van der Waals surface area contributed by atoms with Crippen LogP contribution in [-0.2, 0) is 4.74 Å². The maximum Gasteiger partial charge on any atom is 0.426 e. The average Bonchev–Trinajstić information content (AvgIpc) is 2.62. The van der Waals surface area contributed by atoms with E-state index in [2.05, 4.69) is 0 Å². The van der Waals surface area contributed by atoms with Crippen LogP contribution < -0.4 is 0 Å². The number of halogens is 12. The van der Waals surface area contributed by atoms with Crippen LogP contribution in [-0.4, -0.2) is 63.6 Å². The largest absolute Gasteiger partial charge is 0.426 e. The number of hydrogen-bond acceptors (Lipinski definition) is 4. The fraction of sp³-hybridized carbons (Fsp3) is 1.00.